The Hall–Kier alpha value is -3.08. The molecule has 1 aromatic heterocycles. The van der Waals surface area contributed by atoms with E-state index in [0.29, 0.717) is 27.5 Å². The third-order valence-corrected chi connectivity index (χ3v) is 5.22. The van der Waals surface area contributed by atoms with Crippen LogP contribution in [0.2, 0.25) is 10.0 Å². The van der Waals surface area contributed by atoms with Gasteiger partial charge in [-0.2, -0.15) is 4.98 Å². The van der Waals surface area contributed by atoms with Crippen LogP contribution in [0, 0.1) is 0 Å². The first-order chi connectivity index (χ1) is 14.6. The Labute approximate surface area is 189 Å². The van der Waals surface area contributed by atoms with E-state index in [9.17, 15) is 13.2 Å². The van der Waals surface area contributed by atoms with Gasteiger partial charge < -0.3 is 16.4 Å². The van der Waals surface area contributed by atoms with E-state index in [1.165, 1.54) is 12.3 Å². The third kappa shape index (κ3) is 6.20. The van der Waals surface area contributed by atoms with Crippen molar-refractivity contribution in [3.05, 3.63) is 69.8 Å². The Kier molecular flexibility index (Phi) is 6.84. The minimum absolute atomic E-state index is 0.229. The van der Waals surface area contributed by atoms with Crippen LogP contribution in [0.1, 0.15) is 15.9 Å². The predicted molar refractivity (Wildman–Crippen MR) is 123 cm³/mol. The first-order valence-corrected chi connectivity index (χ1v) is 11.5. The number of nitrogens with zero attached hydrogens (tertiary/aromatic N) is 2. The van der Waals surface area contributed by atoms with Crippen molar-refractivity contribution >= 4 is 62.3 Å². The van der Waals surface area contributed by atoms with Crippen LogP contribution in [0.3, 0.4) is 0 Å². The van der Waals surface area contributed by atoms with E-state index in [2.05, 4.69) is 25.3 Å². The second-order valence-electron chi connectivity index (χ2n) is 6.46. The van der Waals surface area contributed by atoms with Gasteiger partial charge in [0.2, 0.25) is 21.9 Å². The molecule has 0 spiro atoms. The molecule has 0 fully saturated rings. The number of halogens is 2. The smallest absolute Gasteiger partial charge is 0.248 e. The molecule has 0 aliphatic rings. The molecule has 0 atom stereocenters. The van der Waals surface area contributed by atoms with Crippen LogP contribution < -0.4 is 21.1 Å². The standard InChI is InChI=1S/C19H18Cl2N6O3S/c1-31(29,30)27-16-5-3-2-4-15(16)25-18-14(21)10-24-19(26-18)23-9-12-8-11(17(22)28)6-7-13(12)20/h2-8,10,27H,9H2,1H3,(H2,22,28)(H2,23,24,25,26). The SMILES string of the molecule is CS(=O)(=O)Nc1ccccc1Nc1nc(NCc2cc(C(N)=O)ccc2Cl)ncc1Cl. The maximum atomic E-state index is 11.6. The molecule has 31 heavy (non-hydrogen) atoms. The van der Waals surface area contributed by atoms with Gasteiger partial charge in [-0.25, -0.2) is 13.4 Å². The maximum Gasteiger partial charge on any atom is 0.248 e. The van der Waals surface area contributed by atoms with Crippen LogP contribution in [0.4, 0.5) is 23.1 Å². The molecule has 162 valence electrons. The van der Waals surface area contributed by atoms with Crippen molar-refractivity contribution in [2.24, 2.45) is 5.73 Å². The lowest BCUT2D eigenvalue weighted by Crippen LogP contribution is -2.12. The van der Waals surface area contributed by atoms with Crippen LogP contribution in [0.5, 0.6) is 0 Å². The van der Waals surface area contributed by atoms with Gasteiger partial charge in [0, 0.05) is 17.1 Å². The Morgan fingerprint density at radius 2 is 1.81 bits per heavy atom. The van der Waals surface area contributed by atoms with Crippen molar-refractivity contribution in [1.82, 2.24) is 9.97 Å². The number of benzene rings is 2. The predicted octanol–water partition coefficient (Wildman–Crippen LogP) is 3.61. The van der Waals surface area contributed by atoms with E-state index in [4.69, 9.17) is 28.9 Å². The summed E-state index contributed by atoms with van der Waals surface area (Å²) in [6.07, 6.45) is 2.45. The molecular formula is C19H18Cl2N6O3S. The van der Waals surface area contributed by atoms with Gasteiger partial charge in [-0.05, 0) is 35.9 Å². The van der Waals surface area contributed by atoms with Crippen molar-refractivity contribution in [2.75, 3.05) is 21.6 Å². The lowest BCUT2D eigenvalue weighted by molar-refractivity contribution is 0.1000. The highest BCUT2D eigenvalue weighted by molar-refractivity contribution is 7.92. The highest BCUT2D eigenvalue weighted by Gasteiger charge is 2.12. The molecule has 3 aromatic rings. The largest absolute Gasteiger partial charge is 0.366 e. The number of aromatic nitrogens is 2. The molecule has 1 heterocycles. The second kappa shape index (κ2) is 9.38. The zero-order chi connectivity index (χ0) is 22.6. The Balaban J connectivity index is 1.81. The fourth-order valence-corrected chi connectivity index (χ4v) is 3.49. The summed E-state index contributed by atoms with van der Waals surface area (Å²) in [5.41, 5.74) is 7.06. The topological polar surface area (TPSA) is 139 Å². The third-order valence-electron chi connectivity index (χ3n) is 3.99. The zero-order valence-electron chi connectivity index (χ0n) is 16.2. The number of para-hydroxylation sites is 2. The molecule has 12 heteroatoms. The van der Waals surface area contributed by atoms with Crippen LogP contribution in [0.15, 0.2) is 48.7 Å². The summed E-state index contributed by atoms with van der Waals surface area (Å²) in [7, 11) is -3.48. The number of hydrogen-bond donors (Lipinski definition) is 4. The first-order valence-electron chi connectivity index (χ1n) is 8.81. The average molecular weight is 481 g/mol. The van der Waals surface area contributed by atoms with Gasteiger partial charge in [-0.3, -0.25) is 9.52 Å². The normalized spacial score (nSPS) is 11.1. The van der Waals surface area contributed by atoms with E-state index in [1.54, 1.807) is 36.4 Å². The Morgan fingerprint density at radius 3 is 2.48 bits per heavy atom. The van der Waals surface area contributed by atoms with Gasteiger partial charge in [-0.1, -0.05) is 35.3 Å². The number of carbonyl (C=O) groups is 1. The highest BCUT2D eigenvalue weighted by atomic mass is 35.5. The monoisotopic (exact) mass is 480 g/mol. The van der Waals surface area contributed by atoms with Crippen molar-refractivity contribution in [1.29, 1.82) is 0 Å². The van der Waals surface area contributed by atoms with Gasteiger partial charge >= 0.3 is 0 Å². The number of sulfonamides is 1. The summed E-state index contributed by atoms with van der Waals surface area (Å²) in [5, 5.41) is 6.69. The van der Waals surface area contributed by atoms with E-state index in [1.807, 2.05) is 0 Å². The number of anilines is 4. The summed E-state index contributed by atoms with van der Waals surface area (Å²) in [6, 6.07) is 11.4. The summed E-state index contributed by atoms with van der Waals surface area (Å²) in [6.45, 7) is 0.229. The van der Waals surface area contributed by atoms with Crippen LogP contribution in [-0.4, -0.2) is 30.5 Å². The summed E-state index contributed by atoms with van der Waals surface area (Å²) in [4.78, 5) is 19.8. The molecule has 0 saturated heterocycles. The number of carbonyl (C=O) groups excluding carboxylic acids is 1. The summed E-state index contributed by atoms with van der Waals surface area (Å²) >= 11 is 12.4. The molecule has 2 aromatic carbocycles. The minimum atomic E-state index is -3.48. The lowest BCUT2D eigenvalue weighted by atomic mass is 10.1. The van der Waals surface area contributed by atoms with E-state index in [-0.39, 0.29) is 23.3 Å². The highest BCUT2D eigenvalue weighted by Crippen LogP contribution is 2.29. The van der Waals surface area contributed by atoms with Crippen LogP contribution in [-0.2, 0) is 16.6 Å². The lowest BCUT2D eigenvalue weighted by Gasteiger charge is -2.14. The maximum absolute atomic E-state index is 11.6. The molecule has 0 bridgehead atoms. The quantitative estimate of drug-likeness (QED) is 0.386. The fourth-order valence-electron chi connectivity index (χ4n) is 2.59. The summed E-state index contributed by atoms with van der Waals surface area (Å²) < 4.78 is 25.6. The fraction of sp³-hybridized carbons (Fsp3) is 0.105. The second-order valence-corrected chi connectivity index (χ2v) is 9.02. The van der Waals surface area contributed by atoms with E-state index < -0.39 is 15.9 Å². The summed E-state index contributed by atoms with van der Waals surface area (Å²) in [5.74, 6) is -0.0617. The molecule has 3 rings (SSSR count). The zero-order valence-corrected chi connectivity index (χ0v) is 18.5. The van der Waals surface area contributed by atoms with Crippen molar-refractivity contribution < 1.29 is 13.2 Å². The van der Waals surface area contributed by atoms with Gasteiger partial charge in [-0.15, -0.1) is 0 Å². The Morgan fingerprint density at radius 1 is 1.10 bits per heavy atom. The van der Waals surface area contributed by atoms with Crippen LogP contribution in [0.25, 0.3) is 0 Å². The van der Waals surface area contributed by atoms with E-state index in [0.717, 1.165) is 6.26 Å². The van der Waals surface area contributed by atoms with Gasteiger partial charge in [0.1, 0.15) is 5.02 Å². The van der Waals surface area contributed by atoms with E-state index >= 15 is 0 Å². The molecule has 0 unspecified atom stereocenters. The number of nitrogens with one attached hydrogen (secondary N) is 3. The van der Waals surface area contributed by atoms with Gasteiger partial charge in [0.25, 0.3) is 0 Å². The van der Waals surface area contributed by atoms with Crippen LogP contribution >= 0.6 is 23.2 Å². The molecule has 5 N–H and O–H groups in total. The number of nitrogens with two attached hydrogens (primary N) is 1. The molecule has 0 aliphatic heterocycles. The minimum Gasteiger partial charge on any atom is -0.366 e. The van der Waals surface area contributed by atoms with Crippen molar-refractivity contribution in [3.8, 4) is 0 Å². The number of amides is 1. The average Bonchev–Trinajstić information content (AvgIpc) is 2.69. The molecule has 0 aliphatic carbocycles. The van der Waals surface area contributed by atoms with Gasteiger partial charge in [0.15, 0.2) is 5.82 Å². The number of rotatable bonds is 8. The van der Waals surface area contributed by atoms with Crippen molar-refractivity contribution in [3.63, 3.8) is 0 Å². The molecular weight excluding hydrogens is 463 g/mol. The number of hydrogen-bond acceptors (Lipinski definition) is 7. The molecule has 0 saturated carbocycles. The molecule has 0 radical (unpaired) electrons. The first kappa shape index (κ1) is 22.6. The number of primary amides is 1. The molecule has 9 nitrogen and oxygen atoms in total. The Bertz CT molecular complexity index is 1240. The van der Waals surface area contributed by atoms with Crippen molar-refractivity contribution in [2.45, 2.75) is 6.54 Å². The van der Waals surface area contributed by atoms with Gasteiger partial charge in [0.05, 0.1) is 23.8 Å². The molecule has 1 amide bonds.